The van der Waals surface area contributed by atoms with Crippen LogP contribution in [-0.2, 0) is 20.0 Å². The molecule has 0 unspecified atom stereocenters. The summed E-state index contributed by atoms with van der Waals surface area (Å²) in [5, 5.41) is 0.393. The molecule has 8 nitrogen and oxygen atoms in total. The maximum absolute atomic E-state index is 12.7. The molecule has 0 bridgehead atoms. The van der Waals surface area contributed by atoms with Crippen LogP contribution in [0.25, 0.3) is 0 Å². The predicted molar refractivity (Wildman–Crippen MR) is 117 cm³/mol. The number of ether oxygens (including phenoxy) is 2. The van der Waals surface area contributed by atoms with Gasteiger partial charge in [-0.2, -0.15) is 0 Å². The van der Waals surface area contributed by atoms with Crippen molar-refractivity contribution < 1.29 is 26.3 Å². The van der Waals surface area contributed by atoms with Gasteiger partial charge in [0.2, 0.25) is 0 Å². The summed E-state index contributed by atoms with van der Waals surface area (Å²) in [5.41, 5.74) is 0.521. The third-order valence-electron chi connectivity index (χ3n) is 4.32. The molecule has 1 aliphatic rings. The van der Waals surface area contributed by atoms with Gasteiger partial charge >= 0.3 is 0 Å². The van der Waals surface area contributed by atoms with E-state index in [-0.39, 0.29) is 15.5 Å². The van der Waals surface area contributed by atoms with Gasteiger partial charge < -0.3 is 9.47 Å². The van der Waals surface area contributed by atoms with Crippen LogP contribution in [0.4, 0.5) is 11.4 Å². The molecular weight excluding hydrogens is 464 g/mol. The summed E-state index contributed by atoms with van der Waals surface area (Å²) < 4.78 is 66.1. The third kappa shape index (κ3) is 4.87. The predicted octanol–water partition coefficient (Wildman–Crippen LogP) is 3.71. The Morgan fingerprint density at radius 2 is 1.29 bits per heavy atom. The maximum Gasteiger partial charge on any atom is 0.262 e. The zero-order chi connectivity index (χ0) is 22.1. The van der Waals surface area contributed by atoms with Gasteiger partial charge in [0, 0.05) is 16.8 Å². The zero-order valence-electron chi connectivity index (χ0n) is 15.9. The van der Waals surface area contributed by atoms with Gasteiger partial charge in [-0.1, -0.05) is 17.7 Å². The molecule has 4 rings (SSSR count). The second-order valence-corrected chi connectivity index (χ2v) is 10.4. The monoisotopic (exact) mass is 480 g/mol. The van der Waals surface area contributed by atoms with Gasteiger partial charge in [0.15, 0.2) is 11.5 Å². The lowest BCUT2D eigenvalue weighted by molar-refractivity contribution is 0.171. The van der Waals surface area contributed by atoms with Gasteiger partial charge in [0.25, 0.3) is 20.0 Å². The van der Waals surface area contributed by atoms with Crippen LogP contribution in [0, 0.1) is 0 Å². The van der Waals surface area contributed by atoms with Crippen molar-refractivity contribution >= 4 is 43.0 Å². The van der Waals surface area contributed by atoms with E-state index < -0.39 is 20.0 Å². The molecule has 11 heteroatoms. The number of hydrogen-bond acceptors (Lipinski definition) is 6. The highest BCUT2D eigenvalue weighted by molar-refractivity contribution is 7.93. The molecule has 0 aliphatic carbocycles. The van der Waals surface area contributed by atoms with Crippen LogP contribution in [0.15, 0.2) is 76.5 Å². The summed E-state index contributed by atoms with van der Waals surface area (Å²) in [5.74, 6) is 0.828. The summed E-state index contributed by atoms with van der Waals surface area (Å²) in [6, 6.07) is 15.9. The lowest BCUT2D eigenvalue weighted by Crippen LogP contribution is -2.17. The lowest BCUT2D eigenvalue weighted by Gasteiger charge is -2.19. The molecule has 2 N–H and O–H groups in total. The average molecular weight is 481 g/mol. The SMILES string of the molecule is O=S(=O)(Nc1cccc(Cl)c1)c1ccc(NS(=O)(=O)c2ccc3c(c2)OCCO3)cc1. The summed E-state index contributed by atoms with van der Waals surface area (Å²) in [6.07, 6.45) is 0. The molecule has 3 aromatic carbocycles. The summed E-state index contributed by atoms with van der Waals surface area (Å²) in [7, 11) is -7.78. The minimum Gasteiger partial charge on any atom is -0.486 e. The molecule has 162 valence electrons. The van der Waals surface area contributed by atoms with E-state index in [0.29, 0.717) is 35.4 Å². The van der Waals surface area contributed by atoms with Crippen molar-refractivity contribution in [1.82, 2.24) is 0 Å². The van der Waals surface area contributed by atoms with Crippen LogP contribution in [0.1, 0.15) is 0 Å². The fraction of sp³-hybridized carbons (Fsp3) is 0.100. The van der Waals surface area contributed by atoms with Crippen molar-refractivity contribution in [3.8, 4) is 11.5 Å². The van der Waals surface area contributed by atoms with E-state index in [0.717, 1.165) is 0 Å². The number of benzene rings is 3. The van der Waals surface area contributed by atoms with Crippen molar-refractivity contribution in [2.75, 3.05) is 22.7 Å². The molecule has 0 radical (unpaired) electrons. The van der Waals surface area contributed by atoms with Crippen LogP contribution < -0.4 is 18.9 Å². The first kappa shape index (κ1) is 21.3. The topological polar surface area (TPSA) is 111 Å². The standard InChI is InChI=1S/C20H17ClN2O6S2/c21-14-2-1-3-16(12-14)23-30(24,25)17-6-4-15(5-7-17)22-31(26,27)18-8-9-19-20(13-18)29-11-10-28-19/h1-9,12-13,22-23H,10-11H2. The lowest BCUT2D eigenvalue weighted by atomic mass is 10.3. The molecule has 0 saturated carbocycles. The Hall–Kier alpha value is -2.95. The summed E-state index contributed by atoms with van der Waals surface area (Å²) >= 11 is 5.88. The van der Waals surface area contributed by atoms with Gasteiger partial charge in [-0.15, -0.1) is 0 Å². The van der Waals surface area contributed by atoms with Crippen molar-refractivity contribution in [2.24, 2.45) is 0 Å². The first-order valence-corrected chi connectivity index (χ1v) is 12.4. The van der Waals surface area contributed by atoms with Crippen molar-refractivity contribution in [1.29, 1.82) is 0 Å². The Morgan fingerprint density at radius 3 is 2.00 bits per heavy atom. The molecular formula is C20H17ClN2O6S2. The highest BCUT2D eigenvalue weighted by atomic mass is 35.5. The molecule has 0 saturated heterocycles. The first-order valence-electron chi connectivity index (χ1n) is 9.04. The van der Waals surface area contributed by atoms with Crippen LogP contribution in [-0.4, -0.2) is 30.0 Å². The number of anilines is 2. The molecule has 0 atom stereocenters. The number of nitrogens with one attached hydrogen (secondary N) is 2. The Balaban J connectivity index is 1.51. The molecule has 0 spiro atoms. The first-order chi connectivity index (χ1) is 14.7. The van der Waals surface area contributed by atoms with E-state index >= 15 is 0 Å². The quantitative estimate of drug-likeness (QED) is 0.556. The van der Waals surface area contributed by atoms with Crippen molar-refractivity contribution in [2.45, 2.75) is 9.79 Å². The number of rotatable bonds is 6. The molecule has 0 amide bonds. The van der Waals surface area contributed by atoms with Crippen LogP contribution >= 0.6 is 11.6 Å². The number of halogens is 1. The smallest absolute Gasteiger partial charge is 0.262 e. The highest BCUT2D eigenvalue weighted by Crippen LogP contribution is 2.33. The maximum atomic E-state index is 12.7. The third-order valence-corrected chi connectivity index (χ3v) is 7.33. The zero-order valence-corrected chi connectivity index (χ0v) is 18.3. The Kier molecular flexibility index (Phi) is 5.69. The molecule has 1 aliphatic heterocycles. The highest BCUT2D eigenvalue weighted by Gasteiger charge is 2.20. The number of fused-ring (bicyclic) bond motifs is 1. The number of sulfonamides is 2. The van der Waals surface area contributed by atoms with Gasteiger partial charge in [0.1, 0.15) is 13.2 Å². The molecule has 31 heavy (non-hydrogen) atoms. The second-order valence-electron chi connectivity index (χ2n) is 6.55. The fourth-order valence-electron chi connectivity index (χ4n) is 2.87. The summed E-state index contributed by atoms with van der Waals surface area (Å²) in [6.45, 7) is 0.738. The van der Waals surface area contributed by atoms with E-state index in [1.54, 1.807) is 18.2 Å². The normalized spacial score (nSPS) is 13.5. The van der Waals surface area contributed by atoms with E-state index in [9.17, 15) is 16.8 Å². The molecule has 0 aromatic heterocycles. The van der Waals surface area contributed by atoms with Gasteiger partial charge in [0.05, 0.1) is 15.5 Å². The minimum absolute atomic E-state index is 0.00364. The fourth-order valence-corrected chi connectivity index (χ4v) is 5.19. The van der Waals surface area contributed by atoms with Crippen LogP contribution in [0.5, 0.6) is 11.5 Å². The molecule has 3 aromatic rings. The Labute approximate surface area is 184 Å². The molecule has 1 heterocycles. The van der Waals surface area contributed by atoms with Crippen LogP contribution in [0.3, 0.4) is 0 Å². The van der Waals surface area contributed by atoms with E-state index in [4.69, 9.17) is 21.1 Å². The largest absolute Gasteiger partial charge is 0.486 e. The Morgan fingerprint density at radius 1 is 0.677 bits per heavy atom. The van der Waals surface area contributed by atoms with E-state index in [2.05, 4.69) is 9.44 Å². The van der Waals surface area contributed by atoms with Crippen molar-refractivity contribution in [3.05, 3.63) is 71.8 Å². The second kappa shape index (κ2) is 8.29. The van der Waals surface area contributed by atoms with Crippen LogP contribution in [0.2, 0.25) is 5.02 Å². The average Bonchev–Trinajstić information content (AvgIpc) is 2.73. The minimum atomic E-state index is -3.91. The van der Waals surface area contributed by atoms with Gasteiger partial charge in [-0.25, -0.2) is 16.8 Å². The van der Waals surface area contributed by atoms with E-state index in [1.165, 1.54) is 48.5 Å². The summed E-state index contributed by atoms with van der Waals surface area (Å²) in [4.78, 5) is -0.0363. The van der Waals surface area contributed by atoms with Gasteiger partial charge in [-0.3, -0.25) is 9.44 Å². The number of hydrogen-bond donors (Lipinski definition) is 2. The molecule has 0 fully saturated rings. The van der Waals surface area contributed by atoms with Gasteiger partial charge in [-0.05, 0) is 54.6 Å². The van der Waals surface area contributed by atoms with Crippen molar-refractivity contribution in [3.63, 3.8) is 0 Å². The van der Waals surface area contributed by atoms with E-state index in [1.807, 2.05) is 0 Å². The Bertz CT molecular complexity index is 1330.